The SMILES string of the molecule is C.CCCCC(CC)COc1ccc(-c2cc(-c3ccc4ccc5cccc6ccc3c4c56)nc(-c3ccccc3)n2)c(O)c1.CCCCC(CC)COc1ccc(-c2cc(-c3ccccc3)nc(-c3ccc4ccc5cccc6ccc3c4c56)n2)c(O)c1.COc1ccc(-c2nc(C3=CC=C4C=CC5=C6C(=CC=C3C46)CC=C5c3ccccc3OC)cc(-c3ccccc3)n2)c(O)c1. The van der Waals surface area contributed by atoms with Gasteiger partial charge in [0.05, 0.1) is 67.2 Å². The van der Waals surface area contributed by atoms with Gasteiger partial charge in [-0.05, 0) is 196 Å². The van der Waals surface area contributed by atoms with Gasteiger partial charge < -0.3 is 34.3 Å². The molecule has 0 saturated heterocycles. The van der Waals surface area contributed by atoms with Crippen LogP contribution in [0.2, 0.25) is 0 Å². The number of hydrogen-bond donors (Lipinski definition) is 3. The molecule has 0 amide bonds. The number of para-hydroxylation sites is 1. The molecule has 3 N–H and O–H groups in total. The van der Waals surface area contributed by atoms with E-state index in [0.29, 0.717) is 87.8 Å². The number of phenolic OH excluding ortho intramolecular Hbond substituents is 3. The maximum absolute atomic E-state index is 11.2. The predicted octanol–water partition coefficient (Wildman–Crippen LogP) is 30.7. The highest BCUT2D eigenvalue weighted by Crippen LogP contribution is 2.55. The Hall–Kier alpha value is -15.6. The first-order chi connectivity index (χ1) is 65.4. The molecule has 3 unspecified atom stereocenters. The summed E-state index contributed by atoms with van der Waals surface area (Å²) in [6.07, 6.45) is 25.9. The summed E-state index contributed by atoms with van der Waals surface area (Å²) < 4.78 is 23.3. The van der Waals surface area contributed by atoms with Gasteiger partial charge >= 0.3 is 0 Å². The highest BCUT2D eigenvalue weighted by molar-refractivity contribution is 6.27. The Labute approximate surface area is 782 Å². The fraction of sp³-hybridized carbons (Fsp3) is 0.174. The zero-order chi connectivity index (χ0) is 90.6. The van der Waals surface area contributed by atoms with Crippen molar-refractivity contribution in [3.05, 3.63) is 379 Å². The molecule has 3 heterocycles. The Bertz CT molecular complexity index is 7350. The number of ether oxygens (including phenoxy) is 4. The molecule has 4 aliphatic carbocycles. The predicted molar refractivity (Wildman–Crippen MR) is 550 cm³/mol. The minimum absolute atomic E-state index is 0. The molecule has 4 aliphatic rings. The van der Waals surface area contributed by atoms with E-state index in [-0.39, 0.29) is 30.6 Å². The van der Waals surface area contributed by atoms with Crippen LogP contribution in [0.15, 0.2) is 368 Å². The van der Waals surface area contributed by atoms with Crippen LogP contribution in [0.1, 0.15) is 104 Å². The molecule has 22 rings (SSSR count). The number of rotatable bonds is 26. The topological polar surface area (TPSA) is 175 Å². The van der Waals surface area contributed by atoms with Crippen LogP contribution in [0.5, 0.6) is 40.2 Å². The van der Waals surface area contributed by atoms with E-state index in [1.54, 1.807) is 38.5 Å². The van der Waals surface area contributed by atoms with Gasteiger partial charge in [0.1, 0.15) is 40.2 Å². The van der Waals surface area contributed by atoms with Crippen LogP contribution in [-0.4, -0.2) is 72.7 Å². The molecular weight excluding hydrogens is 1650 g/mol. The fourth-order valence-electron chi connectivity index (χ4n) is 19.5. The van der Waals surface area contributed by atoms with Crippen molar-refractivity contribution in [1.29, 1.82) is 0 Å². The molecule has 13 heteroatoms. The summed E-state index contributed by atoms with van der Waals surface area (Å²) in [5, 5.41) is 48.0. The van der Waals surface area contributed by atoms with Crippen molar-refractivity contribution in [2.75, 3.05) is 27.4 Å². The van der Waals surface area contributed by atoms with Crippen LogP contribution in [0.4, 0.5) is 0 Å². The number of unbranched alkanes of at least 4 members (excludes halogenated alkanes) is 2. The normalized spacial score (nSPS) is 14.1. The molecular formula is C121H106N6O7. The monoisotopic (exact) mass is 1750 g/mol. The molecule has 3 atom stereocenters. The maximum atomic E-state index is 11.2. The number of nitrogens with zero attached hydrogens (tertiary/aromatic N) is 6. The van der Waals surface area contributed by atoms with Crippen LogP contribution in [-0.2, 0) is 0 Å². The van der Waals surface area contributed by atoms with Gasteiger partial charge in [-0.2, -0.15) is 0 Å². The number of methoxy groups -OCH3 is 2. The summed E-state index contributed by atoms with van der Waals surface area (Å²) in [5.41, 5.74) is 21.0. The first kappa shape index (κ1) is 87.7. The smallest absolute Gasteiger partial charge is 0.164 e. The third-order valence-corrected chi connectivity index (χ3v) is 26.6. The van der Waals surface area contributed by atoms with Crippen LogP contribution in [0.25, 0.3) is 166 Å². The molecule has 0 fully saturated rings. The quantitative estimate of drug-likeness (QED) is 0.0437. The van der Waals surface area contributed by atoms with Gasteiger partial charge in [-0.15, -0.1) is 0 Å². The van der Waals surface area contributed by atoms with Crippen LogP contribution >= 0.6 is 0 Å². The molecule has 13 nitrogen and oxygen atoms in total. The third-order valence-electron chi connectivity index (χ3n) is 26.6. The van der Waals surface area contributed by atoms with Gasteiger partial charge in [-0.3, -0.25) is 0 Å². The molecule has 0 radical (unpaired) electrons. The van der Waals surface area contributed by atoms with Crippen LogP contribution in [0.3, 0.4) is 0 Å². The van der Waals surface area contributed by atoms with E-state index in [9.17, 15) is 15.3 Å². The van der Waals surface area contributed by atoms with E-state index in [1.165, 1.54) is 113 Å². The summed E-state index contributed by atoms with van der Waals surface area (Å²) in [5.74, 6) is 5.96. The fourth-order valence-corrected chi connectivity index (χ4v) is 19.5. The highest BCUT2D eigenvalue weighted by Gasteiger charge is 2.38. The standard InChI is InChI=1S/C40H30N2O3.2C40H36N2O2.CH4/c1-44-27-16-21-33(36(43)22-27)40-41-34(24-8-4-3-5-9-24)23-35(42-40)29-18-13-26-14-19-31-28(30-10-6-7-11-37(30)45-2)17-12-25-15-20-32(29)39(26)38(25)31;1-3-5-10-26(4-2)25-44-31-19-22-34(37(43)23-31)36-24-35(41-40(42-36)30-11-7-6-8-12-30)32-20-17-29-16-15-27-13-9-14-28-18-21-33(32)39(29)38(27)28;1-3-5-10-26(4-2)25-44-31-19-22-34(37(43)23-31)36-24-35(27-11-7-6-8-12-27)41-40(42-36)33-21-18-30-16-15-28-13-9-14-29-17-20-32(33)39(30)38(28)29;/h3-11,13-23,39,43H,12H2,1-2H3;2*6-9,11-24,26,43H,3-5,10,25H2,1-2H3;1H4. The van der Waals surface area contributed by atoms with E-state index in [2.05, 4.69) is 210 Å². The number of aromatic hydroxyl groups is 3. The van der Waals surface area contributed by atoms with E-state index in [0.717, 1.165) is 110 Å². The van der Waals surface area contributed by atoms with Crippen molar-refractivity contribution in [3.63, 3.8) is 0 Å². The Morgan fingerprint density at radius 1 is 0.351 bits per heavy atom. The minimum atomic E-state index is 0. The first-order valence-corrected chi connectivity index (χ1v) is 46.4. The Kier molecular flexibility index (Phi) is 25.4. The number of hydrogen-bond acceptors (Lipinski definition) is 13. The summed E-state index contributed by atoms with van der Waals surface area (Å²) in [7, 11) is 3.31. The first-order valence-electron chi connectivity index (χ1n) is 46.4. The van der Waals surface area contributed by atoms with Crippen LogP contribution < -0.4 is 18.9 Å². The molecule has 18 aromatic rings. The van der Waals surface area contributed by atoms with Crippen molar-refractivity contribution < 1.29 is 34.3 Å². The van der Waals surface area contributed by atoms with E-state index in [1.807, 2.05) is 133 Å². The van der Waals surface area contributed by atoms with Crippen molar-refractivity contribution >= 4 is 75.8 Å². The Balaban J connectivity index is 0.000000129. The second kappa shape index (κ2) is 38.8. The highest BCUT2D eigenvalue weighted by atomic mass is 16.5. The van der Waals surface area contributed by atoms with E-state index >= 15 is 0 Å². The third kappa shape index (κ3) is 17.4. The maximum Gasteiger partial charge on any atom is 0.164 e. The largest absolute Gasteiger partial charge is 0.507 e. The average molecular weight is 1760 g/mol. The molecule has 662 valence electrons. The summed E-state index contributed by atoms with van der Waals surface area (Å²) in [4.78, 5) is 30.2. The number of allylic oxidation sites excluding steroid dienone is 14. The number of aromatic nitrogens is 6. The summed E-state index contributed by atoms with van der Waals surface area (Å²) in [6, 6.07) is 99.9. The summed E-state index contributed by atoms with van der Waals surface area (Å²) in [6.45, 7) is 10.2. The zero-order valence-corrected chi connectivity index (χ0v) is 75.5. The lowest BCUT2D eigenvalue weighted by molar-refractivity contribution is 0.232. The molecule has 0 saturated carbocycles. The van der Waals surface area contributed by atoms with Crippen molar-refractivity contribution in [2.45, 2.75) is 92.9 Å². The number of benzene rings is 15. The molecule has 0 bridgehead atoms. The van der Waals surface area contributed by atoms with Gasteiger partial charge in [-0.1, -0.05) is 329 Å². The molecule has 0 spiro atoms. The van der Waals surface area contributed by atoms with E-state index in [4.69, 9.17) is 48.9 Å². The van der Waals surface area contributed by atoms with Gasteiger partial charge in [0.25, 0.3) is 0 Å². The molecule has 134 heavy (non-hydrogen) atoms. The van der Waals surface area contributed by atoms with Crippen molar-refractivity contribution in [2.24, 2.45) is 17.8 Å². The van der Waals surface area contributed by atoms with Gasteiger partial charge in [0.2, 0.25) is 0 Å². The number of phenols is 3. The Morgan fingerprint density at radius 3 is 1.34 bits per heavy atom. The van der Waals surface area contributed by atoms with Crippen LogP contribution in [0, 0.1) is 17.8 Å². The second-order valence-electron chi connectivity index (χ2n) is 34.8. The van der Waals surface area contributed by atoms with Crippen molar-refractivity contribution in [1.82, 2.24) is 29.9 Å². The van der Waals surface area contributed by atoms with Gasteiger partial charge in [0, 0.05) is 74.2 Å². The average Bonchev–Trinajstić information content (AvgIpc) is 0.720. The van der Waals surface area contributed by atoms with Gasteiger partial charge in [-0.25, -0.2) is 29.9 Å². The lowest BCUT2D eigenvalue weighted by atomic mass is 9.65. The lowest BCUT2D eigenvalue weighted by Crippen LogP contribution is -2.23. The molecule has 15 aromatic carbocycles. The second-order valence-corrected chi connectivity index (χ2v) is 34.8. The minimum Gasteiger partial charge on any atom is -0.507 e. The van der Waals surface area contributed by atoms with Gasteiger partial charge in [0.15, 0.2) is 17.5 Å². The Morgan fingerprint density at radius 2 is 0.791 bits per heavy atom. The zero-order valence-electron chi connectivity index (χ0n) is 75.5. The molecule has 3 aromatic heterocycles. The van der Waals surface area contributed by atoms with E-state index < -0.39 is 0 Å². The summed E-state index contributed by atoms with van der Waals surface area (Å²) >= 11 is 0. The van der Waals surface area contributed by atoms with Crippen molar-refractivity contribution in [3.8, 4) is 131 Å². The molecule has 0 aliphatic heterocycles. The lowest BCUT2D eigenvalue weighted by Gasteiger charge is -2.38.